The summed E-state index contributed by atoms with van der Waals surface area (Å²) in [6, 6.07) is 7.96. The van der Waals surface area contributed by atoms with Gasteiger partial charge in [-0.1, -0.05) is 18.2 Å². The van der Waals surface area contributed by atoms with Crippen molar-refractivity contribution in [1.29, 1.82) is 0 Å². The largest absolute Gasteiger partial charge is 0.496 e. The molecule has 0 aromatic heterocycles. The maximum absolute atomic E-state index is 11.5. The number of sulfone groups is 1. The molecule has 1 aliphatic heterocycles. The zero-order chi connectivity index (χ0) is 19.0. The number of hydrogen-bond donors (Lipinski definition) is 1. The molecule has 0 aliphatic carbocycles. The van der Waals surface area contributed by atoms with Crippen molar-refractivity contribution in [3.63, 3.8) is 0 Å². The van der Waals surface area contributed by atoms with Crippen LogP contribution in [0.25, 0.3) is 0 Å². The summed E-state index contributed by atoms with van der Waals surface area (Å²) in [5.74, 6) is 2.21. The smallest absolute Gasteiger partial charge is 0.194 e. The summed E-state index contributed by atoms with van der Waals surface area (Å²) < 4.78 is 28.4. The van der Waals surface area contributed by atoms with Gasteiger partial charge in [-0.2, -0.15) is 0 Å². The van der Waals surface area contributed by atoms with Gasteiger partial charge in [0.25, 0.3) is 0 Å². The topological polar surface area (TPSA) is 74.2 Å². The predicted molar refractivity (Wildman–Crippen MR) is 106 cm³/mol. The molecule has 0 atom stereocenters. The molecule has 2 rings (SSSR count). The number of para-hydroxylation sites is 1. The lowest BCUT2D eigenvalue weighted by molar-refractivity contribution is 0.303. The van der Waals surface area contributed by atoms with Crippen LogP contribution in [0.3, 0.4) is 0 Å². The van der Waals surface area contributed by atoms with Crippen LogP contribution in [0.4, 0.5) is 0 Å². The van der Waals surface area contributed by atoms with E-state index >= 15 is 0 Å². The van der Waals surface area contributed by atoms with Gasteiger partial charge in [0, 0.05) is 45.3 Å². The summed E-state index contributed by atoms with van der Waals surface area (Å²) in [4.78, 5) is 8.93. The average Bonchev–Trinajstić information content (AvgIpc) is 2.62. The molecule has 1 heterocycles. The molecule has 0 unspecified atom stereocenters. The number of nitrogens with zero attached hydrogens (tertiary/aromatic N) is 3. The third kappa shape index (κ3) is 6.17. The molecular weight excluding hydrogens is 352 g/mol. The summed E-state index contributed by atoms with van der Waals surface area (Å²) in [5.41, 5.74) is 1.10. The fourth-order valence-electron chi connectivity index (χ4n) is 2.90. The zero-order valence-electron chi connectivity index (χ0n) is 15.9. The highest BCUT2D eigenvalue weighted by atomic mass is 32.2. The van der Waals surface area contributed by atoms with Crippen LogP contribution in [0.15, 0.2) is 29.3 Å². The van der Waals surface area contributed by atoms with Crippen LogP contribution in [-0.4, -0.2) is 82.6 Å². The number of aliphatic imine (C=N–C) groups is 1. The molecule has 1 aromatic rings. The Balaban J connectivity index is 1.93. The zero-order valence-corrected chi connectivity index (χ0v) is 16.8. The Morgan fingerprint density at radius 2 is 2.00 bits per heavy atom. The Morgan fingerprint density at radius 1 is 1.31 bits per heavy atom. The minimum atomic E-state index is -2.83. The van der Waals surface area contributed by atoms with Gasteiger partial charge < -0.3 is 15.0 Å². The Labute approximate surface area is 157 Å². The summed E-state index contributed by atoms with van der Waals surface area (Å²) in [5, 5.41) is 3.31. The van der Waals surface area contributed by atoms with E-state index in [1.54, 1.807) is 7.11 Å². The van der Waals surface area contributed by atoms with Crippen LogP contribution in [0.5, 0.6) is 5.75 Å². The molecule has 146 valence electrons. The van der Waals surface area contributed by atoms with Gasteiger partial charge in [-0.15, -0.1) is 0 Å². The Kier molecular flexibility index (Phi) is 7.71. The van der Waals surface area contributed by atoms with Gasteiger partial charge in [0.1, 0.15) is 5.75 Å². The lowest BCUT2D eigenvalue weighted by Crippen LogP contribution is -2.42. The van der Waals surface area contributed by atoms with Gasteiger partial charge in [0.05, 0.1) is 25.2 Å². The van der Waals surface area contributed by atoms with Crippen LogP contribution in [0.1, 0.15) is 12.5 Å². The molecule has 1 aliphatic rings. The number of rotatable bonds is 7. The first-order valence-electron chi connectivity index (χ1n) is 8.99. The number of guanidine groups is 1. The first-order valence-corrected chi connectivity index (χ1v) is 10.8. The number of methoxy groups -OCH3 is 1. The molecular formula is C18H30N4O3S. The van der Waals surface area contributed by atoms with Crippen molar-refractivity contribution in [2.75, 3.05) is 58.4 Å². The second-order valence-corrected chi connectivity index (χ2v) is 8.70. The van der Waals surface area contributed by atoms with Crippen molar-refractivity contribution >= 4 is 15.8 Å². The van der Waals surface area contributed by atoms with E-state index in [1.807, 2.05) is 38.2 Å². The molecule has 1 aromatic carbocycles. The number of benzene rings is 1. The van der Waals surface area contributed by atoms with E-state index in [-0.39, 0.29) is 11.5 Å². The summed E-state index contributed by atoms with van der Waals surface area (Å²) in [7, 11) is 0.849. The maximum Gasteiger partial charge on any atom is 0.194 e. The van der Waals surface area contributed by atoms with Gasteiger partial charge in [0.2, 0.25) is 0 Å². The van der Waals surface area contributed by atoms with Crippen molar-refractivity contribution in [2.24, 2.45) is 4.99 Å². The minimum absolute atomic E-state index is 0.254. The van der Waals surface area contributed by atoms with Crippen LogP contribution in [0.2, 0.25) is 0 Å². The number of hydrogen-bond acceptors (Lipinski definition) is 5. The van der Waals surface area contributed by atoms with Gasteiger partial charge in [-0.05, 0) is 13.0 Å². The van der Waals surface area contributed by atoms with Crippen LogP contribution >= 0.6 is 0 Å². The van der Waals surface area contributed by atoms with Crippen molar-refractivity contribution in [2.45, 2.75) is 13.5 Å². The SMILES string of the molecule is CCNC(=NCCN1CCS(=O)(=O)CC1)N(C)Cc1ccccc1OC. The van der Waals surface area contributed by atoms with E-state index in [9.17, 15) is 8.42 Å². The maximum atomic E-state index is 11.5. The Morgan fingerprint density at radius 3 is 2.65 bits per heavy atom. The predicted octanol–water partition coefficient (Wildman–Crippen LogP) is 0.823. The van der Waals surface area contributed by atoms with Crippen molar-refractivity contribution in [3.05, 3.63) is 29.8 Å². The molecule has 1 fully saturated rings. The Hall–Kier alpha value is -1.80. The van der Waals surface area contributed by atoms with Gasteiger partial charge >= 0.3 is 0 Å². The van der Waals surface area contributed by atoms with Gasteiger partial charge in [-0.25, -0.2) is 8.42 Å². The van der Waals surface area contributed by atoms with E-state index < -0.39 is 9.84 Å². The summed E-state index contributed by atoms with van der Waals surface area (Å²) in [6.45, 7) is 6.14. The highest BCUT2D eigenvalue weighted by molar-refractivity contribution is 7.91. The summed E-state index contributed by atoms with van der Waals surface area (Å²) in [6.07, 6.45) is 0. The first kappa shape index (κ1) is 20.5. The first-order chi connectivity index (χ1) is 12.4. The van der Waals surface area contributed by atoms with E-state index in [0.717, 1.165) is 30.4 Å². The second-order valence-electron chi connectivity index (χ2n) is 6.40. The molecule has 0 radical (unpaired) electrons. The van der Waals surface area contributed by atoms with E-state index in [0.29, 0.717) is 26.2 Å². The van der Waals surface area contributed by atoms with Crippen LogP contribution in [-0.2, 0) is 16.4 Å². The number of nitrogens with one attached hydrogen (secondary N) is 1. The van der Waals surface area contributed by atoms with Crippen LogP contribution in [0, 0.1) is 0 Å². The third-order valence-electron chi connectivity index (χ3n) is 4.41. The highest BCUT2D eigenvalue weighted by Gasteiger charge is 2.21. The molecule has 1 N–H and O–H groups in total. The van der Waals surface area contributed by atoms with E-state index in [2.05, 4.69) is 15.1 Å². The molecule has 0 bridgehead atoms. The van der Waals surface area contributed by atoms with Gasteiger partial charge in [-0.3, -0.25) is 9.89 Å². The normalized spacial score (nSPS) is 17.7. The molecule has 26 heavy (non-hydrogen) atoms. The summed E-state index contributed by atoms with van der Waals surface area (Å²) >= 11 is 0. The van der Waals surface area contributed by atoms with E-state index in [1.165, 1.54) is 0 Å². The highest BCUT2D eigenvalue weighted by Crippen LogP contribution is 2.18. The molecule has 7 nitrogen and oxygen atoms in total. The molecule has 0 amide bonds. The minimum Gasteiger partial charge on any atom is -0.496 e. The number of ether oxygens (including phenoxy) is 1. The van der Waals surface area contributed by atoms with Crippen molar-refractivity contribution in [3.8, 4) is 5.75 Å². The molecule has 1 saturated heterocycles. The fourth-order valence-corrected chi connectivity index (χ4v) is 4.18. The third-order valence-corrected chi connectivity index (χ3v) is 6.02. The molecule has 0 saturated carbocycles. The average molecular weight is 383 g/mol. The lowest BCUT2D eigenvalue weighted by atomic mass is 10.2. The second kappa shape index (κ2) is 9.78. The quantitative estimate of drug-likeness (QED) is 0.556. The molecule has 0 spiro atoms. The van der Waals surface area contributed by atoms with Crippen LogP contribution < -0.4 is 10.1 Å². The van der Waals surface area contributed by atoms with Crippen molar-refractivity contribution < 1.29 is 13.2 Å². The standard InChI is InChI=1S/C18H30N4O3S/c1-4-19-18(20-9-10-22-11-13-26(23,24)14-12-22)21(2)15-16-7-5-6-8-17(16)25-3/h5-8H,4,9-15H2,1-3H3,(H,19,20). The lowest BCUT2D eigenvalue weighted by Gasteiger charge is -2.26. The Bertz CT molecular complexity index is 692. The molecule has 8 heteroatoms. The van der Waals surface area contributed by atoms with E-state index in [4.69, 9.17) is 9.73 Å². The van der Waals surface area contributed by atoms with Crippen molar-refractivity contribution in [1.82, 2.24) is 15.1 Å². The fraction of sp³-hybridized carbons (Fsp3) is 0.611. The monoisotopic (exact) mass is 382 g/mol. The van der Waals surface area contributed by atoms with Gasteiger partial charge in [0.15, 0.2) is 15.8 Å².